The minimum atomic E-state index is 0.00852. The average Bonchev–Trinajstić information content (AvgIpc) is 2.54. The summed E-state index contributed by atoms with van der Waals surface area (Å²) in [7, 11) is 0. The van der Waals surface area contributed by atoms with Gasteiger partial charge in [0, 0.05) is 18.0 Å². The molecule has 4 heteroatoms. The van der Waals surface area contributed by atoms with Crippen LogP contribution in [0, 0.1) is 0 Å². The van der Waals surface area contributed by atoms with E-state index >= 15 is 0 Å². The largest absolute Gasteiger partial charge is 0.334 e. The van der Waals surface area contributed by atoms with Gasteiger partial charge in [0.05, 0.1) is 10.5 Å². The van der Waals surface area contributed by atoms with Crippen LogP contribution in [0.25, 0.3) is 10.9 Å². The van der Waals surface area contributed by atoms with Crippen LogP contribution in [0.2, 0.25) is 5.02 Å². The van der Waals surface area contributed by atoms with Gasteiger partial charge >= 0.3 is 0 Å². The summed E-state index contributed by atoms with van der Waals surface area (Å²) in [5.41, 5.74) is 1.23. The van der Waals surface area contributed by atoms with Gasteiger partial charge in [-0.3, -0.25) is 4.79 Å². The van der Waals surface area contributed by atoms with E-state index in [9.17, 15) is 4.79 Å². The molecule has 110 valence electrons. The quantitative estimate of drug-likeness (QED) is 0.829. The van der Waals surface area contributed by atoms with Crippen LogP contribution in [0.4, 0.5) is 0 Å². The average molecular weight is 303 g/mol. The van der Waals surface area contributed by atoms with Crippen molar-refractivity contribution in [2.45, 2.75) is 38.6 Å². The molecule has 1 aromatic carbocycles. The lowest BCUT2D eigenvalue weighted by Gasteiger charge is -2.35. The van der Waals surface area contributed by atoms with Crippen LogP contribution < -0.4 is 0 Å². The SMILES string of the molecule is CCC1CCCCN1C(=O)c1cc(Cl)c2ccccc2n1. The van der Waals surface area contributed by atoms with Gasteiger partial charge in [0.2, 0.25) is 0 Å². The van der Waals surface area contributed by atoms with E-state index in [4.69, 9.17) is 11.6 Å². The summed E-state index contributed by atoms with van der Waals surface area (Å²) in [6, 6.07) is 9.69. The standard InChI is InChI=1S/C17H19ClN2O/c1-2-12-7-5-6-10-20(12)17(21)16-11-14(18)13-8-3-4-9-15(13)19-16/h3-4,8-9,11-12H,2,5-7,10H2,1H3. The van der Waals surface area contributed by atoms with Crippen LogP contribution >= 0.6 is 11.6 Å². The summed E-state index contributed by atoms with van der Waals surface area (Å²) in [6.45, 7) is 2.96. The number of benzene rings is 1. The lowest BCUT2D eigenvalue weighted by atomic mass is 9.99. The number of amides is 1. The predicted octanol–water partition coefficient (Wildman–Crippen LogP) is 4.29. The van der Waals surface area contributed by atoms with Gasteiger partial charge in [-0.05, 0) is 37.8 Å². The topological polar surface area (TPSA) is 33.2 Å². The zero-order valence-corrected chi connectivity index (χ0v) is 12.9. The second kappa shape index (κ2) is 6.02. The van der Waals surface area contributed by atoms with Crippen LogP contribution in [-0.4, -0.2) is 28.4 Å². The summed E-state index contributed by atoms with van der Waals surface area (Å²) < 4.78 is 0. The maximum atomic E-state index is 12.8. The predicted molar refractivity (Wildman–Crippen MR) is 85.7 cm³/mol. The van der Waals surface area contributed by atoms with Gasteiger partial charge in [0.25, 0.3) is 5.91 Å². The highest BCUT2D eigenvalue weighted by atomic mass is 35.5. The number of hydrogen-bond donors (Lipinski definition) is 0. The fraction of sp³-hybridized carbons (Fsp3) is 0.412. The Morgan fingerprint density at radius 3 is 3.00 bits per heavy atom. The van der Waals surface area contributed by atoms with E-state index in [1.165, 1.54) is 6.42 Å². The Kier molecular flexibility index (Phi) is 4.11. The highest BCUT2D eigenvalue weighted by Gasteiger charge is 2.27. The smallest absolute Gasteiger partial charge is 0.272 e. The monoisotopic (exact) mass is 302 g/mol. The maximum absolute atomic E-state index is 12.8. The van der Waals surface area contributed by atoms with E-state index in [2.05, 4.69) is 11.9 Å². The van der Waals surface area contributed by atoms with E-state index < -0.39 is 0 Å². The van der Waals surface area contributed by atoms with Gasteiger partial charge in [-0.25, -0.2) is 4.98 Å². The molecule has 0 saturated carbocycles. The molecule has 0 bridgehead atoms. The van der Waals surface area contributed by atoms with Crippen LogP contribution in [-0.2, 0) is 0 Å². The number of halogens is 1. The molecule has 21 heavy (non-hydrogen) atoms. The van der Waals surface area contributed by atoms with Gasteiger partial charge in [0.1, 0.15) is 5.69 Å². The molecule has 0 N–H and O–H groups in total. The Balaban J connectivity index is 1.97. The fourth-order valence-electron chi connectivity index (χ4n) is 3.08. The van der Waals surface area contributed by atoms with Crippen molar-refractivity contribution in [3.63, 3.8) is 0 Å². The van der Waals surface area contributed by atoms with Gasteiger partial charge in [-0.1, -0.05) is 36.7 Å². The van der Waals surface area contributed by atoms with Gasteiger partial charge < -0.3 is 4.90 Å². The number of para-hydroxylation sites is 1. The Bertz CT molecular complexity index is 671. The molecule has 0 aliphatic carbocycles. The van der Waals surface area contributed by atoms with E-state index in [0.29, 0.717) is 16.8 Å². The lowest BCUT2D eigenvalue weighted by molar-refractivity contribution is 0.0602. The van der Waals surface area contributed by atoms with Gasteiger partial charge in [-0.15, -0.1) is 0 Å². The minimum Gasteiger partial charge on any atom is -0.334 e. The molecule has 1 aromatic heterocycles. The zero-order chi connectivity index (χ0) is 14.8. The molecular formula is C17H19ClN2O. The van der Waals surface area contributed by atoms with E-state index in [1.54, 1.807) is 6.07 Å². The number of carbonyl (C=O) groups is 1. The number of rotatable bonds is 2. The van der Waals surface area contributed by atoms with Crippen molar-refractivity contribution in [1.82, 2.24) is 9.88 Å². The molecule has 1 aliphatic heterocycles. The summed E-state index contributed by atoms with van der Waals surface area (Å²) in [4.78, 5) is 19.2. The van der Waals surface area contributed by atoms with Crippen LogP contribution in [0.3, 0.4) is 0 Å². The molecular weight excluding hydrogens is 284 g/mol. The molecule has 2 aromatic rings. The fourth-order valence-corrected chi connectivity index (χ4v) is 3.35. The van der Waals surface area contributed by atoms with Crippen molar-refractivity contribution in [1.29, 1.82) is 0 Å². The number of piperidine rings is 1. The number of nitrogens with zero attached hydrogens (tertiary/aromatic N) is 2. The molecule has 3 rings (SSSR count). The minimum absolute atomic E-state index is 0.00852. The number of likely N-dealkylation sites (tertiary alicyclic amines) is 1. The molecule has 0 radical (unpaired) electrons. The Morgan fingerprint density at radius 1 is 1.38 bits per heavy atom. The van der Waals surface area contributed by atoms with Gasteiger partial charge in [0.15, 0.2) is 0 Å². The summed E-state index contributed by atoms with van der Waals surface area (Å²) in [5, 5.41) is 1.48. The van der Waals surface area contributed by atoms with Crippen molar-refractivity contribution in [2.24, 2.45) is 0 Å². The molecule has 1 fully saturated rings. The third-order valence-corrected chi connectivity index (χ3v) is 4.56. The van der Waals surface area contributed by atoms with E-state index in [0.717, 1.165) is 36.7 Å². The first-order valence-electron chi connectivity index (χ1n) is 7.57. The maximum Gasteiger partial charge on any atom is 0.272 e. The summed E-state index contributed by atoms with van der Waals surface area (Å²) in [6.07, 6.45) is 4.36. The number of pyridine rings is 1. The van der Waals surface area contributed by atoms with Crippen LogP contribution in [0.1, 0.15) is 43.1 Å². The Labute approximate surface area is 129 Å². The molecule has 0 spiro atoms. The molecule has 2 heterocycles. The van der Waals surface area contributed by atoms with E-state index in [1.807, 2.05) is 29.2 Å². The highest BCUT2D eigenvalue weighted by Crippen LogP contribution is 2.26. The molecule has 1 aliphatic rings. The summed E-state index contributed by atoms with van der Waals surface area (Å²) in [5.74, 6) is 0.00852. The first-order chi connectivity index (χ1) is 10.2. The molecule has 1 atom stereocenters. The first-order valence-corrected chi connectivity index (χ1v) is 7.94. The van der Waals surface area contributed by atoms with Gasteiger partial charge in [-0.2, -0.15) is 0 Å². The normalized spacial score (nSPS) is 19.0. The van der Waals surface area contributed by atoms with Crippen molar-refractivity contribution < 1.29 is 4.79 Å². The third-order valence-electron chi connectivity index (χ3n) is 4.24. The zero-order valence-electron chi connectivity index (χ0n) is 12.2. The van der Waals surface area contributed by atoms with Crippen molar-refractivity contribution in [3.8, 4) is 0 Å². The highest BCUT2D eigenvalue weighted by molar-refractivity contribution is 6.35. The number of fused-ring (bicyclic) bond motifs is 1. The second-order valence-electron chi connectivity index (χ2n) is 5.56. The van der Waals surface area contributed by atoms with Crippen molar-refractivity contribution >= 4 is 28.4 Å². The second-order valence-corrected chi connectivity index (χ2v) is 5.97. The van der Waals surface area contributed by atoms with Crippen LogP contribution in [0.15, 0.2) is 30.3 Å². The van der Waals surface area contributed by atoms with Crippen molar-refractivity contribution in [2.75, 3.05) is 6.54 Å². The number of aromatic nitrogens is 1. The molecule has 1 unspecified atom stereocenters. The molecule has 3 nitrogen and oxygen atoms in total. The molecule has 1 saturated heterocycles. The third kappa shape index (κ3) is 2.75. The van der Waals surface area contributed by atoms with Crippen LogP contribution in [0.5, 0.6) is 0 Å². The van der Waals surface area contributed by atoms with E-state index in [-0.39, 0.29) is 5.91 Å². The Morgan fingerprint density at radius 2 is 2.19 bits per heavy atom. The first kappa shape index (κ1) is 14.3. The molecule has 1 amide bonds. The number of carbonyl (C=O) groups excluding carboxylic acids is 1. The Hall–Kier alpha value is -1.61. The van der Waals surface area contributed by atoms with Crippen molar-refractivity contribution in [3.05, 3.63) is 41.0 Å². The lowest BCUT2D eigenvalue weighted by Crippen LogP contribution is -2.43. The summed E-state index contributed by atoms with van der Waals surface area (Å²) >= 11 is 6.30. The number of hydrogen-bond acceptors (Lipinski definition) is 2.